The number of carbonyl (C=O) groups excluding carboxylic acids is 2. The summed E-state index contributed by atoms with van der Waals surface area (Å²) in [7, 11) is 0. The second kappa shape index (κ2) is 5.20. The summed E-state index contributed by atoms with van der Waals surface area (Å²) >= 11 is 0. The van der Waals surface area contributed by atoms with E-state index in [-0.39, 0.29) is 23.7 Å². The van der Waals surface area contributed by atoms with E-state index >= 15 is 0 Å². The smallest absolute Gasteiger partial charge is 0.274 e. The summed E-state index contributed by atoms with van der Waals surface area (Å²) in [5.74, 6) is -1.73. The van der Waals surface area contributed by atoms with E-state index in [1.807, 2.05) is 27.7 Å². The largest absolute Gasteiger partial charge is 0.347 e. The molecule has 4 unspecified atom stereocenters. The fourth-order valence-corrected chi connectivity index (χ4v) is 4.00. The summed E-state index contributed by atoms with van der Waals surface area (Å²) in [6, 6.07) is -1.05. The molecule has 22 heavy (non-hydrogen) atoms. The van der Waals surface area contributed by atoms with Crippen molar-refractivity contribution in [2.75, 3.05) is 6.54 Å². The number of hydrogen-bond acceptors (Lipinski definition) is 4. The Morgan fingerprint density at radius 3 is 2.55 bits per heavy atom. The van der Waals surface area contributed by atoms with Gasteiger partial charge in [0, 0.05) is 6.54 Å². The topological polar surface area (TPSA) is 70.1 Å². The molecule has 3 aliphatic rings. The third kappa shape index (κ3) is 2.07. The van der Waals surface area contributed by atoms with Gasteiger partial charge in [-0.2, -0.15) is 0 Å². The van der Waals surface area contributed by atoms with Gasteiger partial charge in [0.25, 0.3) is 11.8 Å². The molecule has 124 valence electrons. The molecule has 3 fully saturated rings. The molecular weight excluding hydrogens is 284 g/mol. The Bertz CT molecular complexity index is 493. The maximum Gasteiger partial charge on any atom is 0.274 e. The predicted molar refractivity (Wildman–Crippen MR) is 79.5 cm³/mol. The average molecular weight is 310 g/mol. The van der Waals surface area contributed by atoms with Gasteiger partial charge in [0.2, 0.25) is 5.91 Å². The number of rotatable bonds is 3. The highest BCUT2D eigenvalue weighted by Gasteiger charge is 2.66. The normalized spacial score (nSPS) is 38.2. The van der Waals surface area contributed by atoms with Crippen molar-refractivity contribution in [2.45, 2.75) is 71.1 Å². The Morgan fingerprint density at radius 2 is 1.95 bits per heavy atom. The Labute approximate surface area is 131 Å². The molecule has 2 amide bonds. The van der Waals surface area contributed by atoms with E-state index in [1.165, 1.54) is 4.90 Å². The fraction of sp³-hybridized carbons (Fsp3) is 0.875. The Balaban J connectivity index is 2.02. The number of aliphatic hydroxyl groups is 1. The second-order valence-corrected chi connectivity index (χ2v) is 7.48. The van der Waals surface area contributed by atoms with E-state index < -0.39 is 24.1 Å². The summed E-state index contributed by atoms with van der Waals surface area (Å²) in [6.07, 6.45) is 1.38. The highest BCUT2D eigenvalue weighted by Crippen LogP contribution is 2.44. The van der Waals surface area contributed by atoms with Crippen LogP contribution in [0.15, 0.2) is 0 Å². The van der Waals surface area contributed by atoms with Gasteiger partial charge in [0.15, 0.2) is 0 Å². The lowest BCUT2D eigenvalue weighted by Gasteiger charge is -2.49. The van der Waals surface area contributed by atoms with Crippen molar-refractivity contribution in [2.24, 2.45) is 11.8 Å². The van der Waals surface area contributed by atoms with Crippen molar-refractivity contribution >= 4 is 11.8 Å². The number of fused-ring (bicyclic) bond motifs is 3. The van der Waals surface area contributed by atoms with Crippen LogP contribution in [-0.2, 0) is 14.3 Å². The van der Waals surface area contributed by atoms with Crippen molar-refractivity contribution < 1.29 is 19.4 Å². The van der Waals surface area contributed by atoms with Gasteiger partial charge in [-0.15, -0.1) is 0 Å². The van der Waals surface area contributed by atoms with Gasteiger partial charge in [-0.25, -0.2) is 0 Å². The van der Waals surface area contributed by atoms with Crippen molar-refractivity contribution in [3.8, 4) is 0 Å². The lowest BCUT2D eigenvalue weighted by molar-refractivity contribution is -0.304. The first kappa shape index (κ1) is 15.7. The first-order valence-corrected chi connectivity index (χ1v) is 8.31. The molecular formula is C16H26N2O4. The fourth-order valence-electron chi connectivity index (χ4n) is 4.00. The van der Waals surface area contributed by atoms with Crippen molar-refractivity contribution in [3.05, 3.63) is 0 Å². The molecule has 1 N–H and O–H groups in total. The Morgan fingerprint density at radius 1 is 1.27 bits per heavy atom. The average Bonchev–Trinajstić information content (AvgIpc) is 2.99. The van der Waals surface area contributed by atoms with Gasteiger partial charge >= 0.3 is 0 Å². The van der Waals surface area contributed by atoms with E-state index in [9.17, 15) is 14.7 Å². The maximum atomic E-state index is 12.8. The summed E-state index contributed by atoms with van der Waals surface area (Å²) in [5.41, 5.74) is 0. The molecule has 3 rings (SSSR count). The molecule has 3 saturated heterocycles. The van der Waals surface area contributed by atoms with Crippen LogP contribution in [0.2, 0.25) is 0 Å². The van der Waals surface area contributed by atoms with Crippen LogP contribution < -0.4 is 0 Å². The number of carbonyl (C=O) groups is 2. The molecule has 3 heterocycles. The zero-order valence-corrected chi connectivity index (χ0v) is 13.8. The summed E-state index contributed by atoms with van der Waals surface area (Å²) in [4.78, 5) is 28.7. The monoisotopic (exact) mass is 310 g/mol. The minimum absolute atomic E-state index is 0.0354. The molecule has 0 spiro atoms. The molecule has 4 atom stereocenters. The number of amides is 2. The Hall–Kier alpha value is -1.14. The molecule has 0 saturated carbocycles. The molecule has 6 nitrogen and oxygen atoms in total. The van der Waals surface area contributed by atoms with Crippen LogP contribution in [0.25, 0.3) is 0 Å². The van der Waals surface area contributed by atoms with Crippen LogP contribution in [0.4, 0.5) is 0 Å². The zero-order chi connectivity index (χ0) is 16.2. The minimum Gasteiger partial charge on any atom is -0.347 e. The van der Waals surface area contributed by atoms with E-state index in [1.54, 1.807) is 4.90 Å². The van der Waals surface area contributed by atoms with Gasteiger partial charge < -0.3 is 14.7 Å². The van der Waals surface area contributed by atoms with E-state index in [2.05, 4.69) is 0 Å². The SMILES string of the molecule is CC(C)CC1C(=O)N2CCCC2C2(O)OC(C(C)C)C(=O)N12. The molecule has 6 heteroatoms. The molecule has 0 aliphatic carbocycles. The van der Waals surface area contributed by atoms with Gasteiger partial charge in [0.05, 0.1) is 0 Å². The summed E-state index contributed by atoms with van der Waals surface area (Å²) in [5, 5.41) is 11.2. The van der Waals surface area contributed by atoms with Gasteiger partial charge in [-0.3, -0.25) is 14.5 Å². The van der Waals surface area contributed by atoms with Crippen molar-refractivity contribution in [3.63, 3.8) is 0 Å². The third-order valence-corrected chi connectivity index (χ3v) is 4.99. The third-order valence-electron chi connectivity index (χ3n) is 4.99. The lowest BCUT2D eigenvalue weighted by atomic mass is 9.95. The molecule has 0 aromatic rings. The van der Waals surface area contributed by atoms with Crippen LogP contribution in [0.3, 0.4) is 0 Å². The van der Waals surface area contributed by atoms with Crippen LogP contribution in [0, 0.1) is 11.8 Å². The Kier molecular flexibility index (Phi) is 3.72. The van der Waals surface area contributed by atoms with E-state index in [0.717, 1.165) is 6.42 Å². The summed E-state index contributed by atoms with van der Waals surface area (Å²) < 4.78 is 5.84. The van der Waals surface area contributed by atoms with Crippen molar-refractivity contribution in [1.29, 1.82) is 0 Å². The molecule has 0 aromatic heterocycles. The van der Waals surface area contributed by atoms with Gasteiger partial charge in [0.1, 0.15) is 18.2 Å². The number of piperazine rings is 1. The van der Waals surface area contributed by atoms with Crippen LogP contribution in [-0.4, -0.2) is 57.4 Å². The molecule has 0 bridgehead atoms. The predicted octanol–water partition coefficient (Wildman–Crippen LogP) is 0.935. The quantitative estimate of drug-likeness (QED) is 0.842. The van der Waals surface area contributed by atoms with Crippen molar-refractivity contribution in [1.82, 2.24) is 9.80 Å². The number of hydrogen-bond donors (Lipinski definition) is 1. The highest BCUT2D eigenvalue weighted by atomic mass is 16.7. The molecule has 0 radical (unpaired) electrons. The maximum absolute atomic E-state index is 12.8. The second-order valence-electron chi connectivity index (χ2n) is 7.48. The highest BCUT2D eigenvalue weighted by molar-refractivity contribution is 5.93. The standard InChI is InChI=1S/C16H26N2O4/c1-9(2)8-11-14(19)17-7-5-6-12(17)16(21)18(11)15(20)13(22-16)10(3)4/h9-13,21H,5-8H2,1-4H3. The van der Waals surface area contributed by atoms with Gasteiger partial charge in [-0.05, 0) is 31.1 Å². The van der Waals surface area contributed by atoms with Gasteiger partial charge in [-0.1, -0.05) is 27.7 Å². The minimum atomic E-state index is -1.66. The van der Waals surface area contributed by atoms with E-state index in [0.29, 0.717) is 19.4 Å². The first-order chi connectivity index (χ1) is 10.3. The molecule has 3 aliphatic heterocycles. The van der Waals surface area contributed by atoms with E-state index in [4.69, 9.17) is 4.74 Å². The zero-order valence-electron chi connectivity index (χ0n) is 13.8. The number of ether oxygens (including phenoxy) is 1. The van der Waals surface area contributed by atoms with Crippen LogP contribution >= 0.6 is 0 Å². The molecule has 0 aromatic carbocycles. The van der Waals surface area contributed by atoms with Crippen LogP contribution in [0.5, 0.6) is 0 Å². The first-order valence-electron chi connectivity index (χ1n) is 8.31. The number of nitrogens with zero attached hydrogens (tertiary/aromatic N) is 2. The van der Waals surface area contributed by atoms with Crippen LogP contribution in [0.1, 0.15) is 47.0 Å². The summed E-state index contributed by atoms with van der Waals surface area (Å²) in [6.45, 7) is 8.47. The lowest BCUT2D eigenvalue weighted by Crippen LogP contribution is -2.71.